The highest BCUT2D eigenvalue weighted by Crippen LogP contribution is 2.31. The van der Waals surface area contributed by atoms with Crippen LogP contribution < -0.4 is 5.32 Å². The summed E-state index contributed by atoms with van der Waals surface area (Å²) in [6, 6.07) is 18.7. The van der Waals surface area contributed by atoms with Crippen molar-refractivity contribution in [2.24, 2.45) is 0 Å². The zero-order valence-electron chi connectivity index (χ0n) is 15.6. The Bertz CT molecular complexity index is 1160. The van der Waals surface area contributed by atoms with Gasteiger partial charge in [-0.3, -0.25) is 4.79 Å². The average molecular weight is 391 g/mol. The first-order chi connectivity index (χ1) is 13.5. The lowest BCUT2D eigenvalue weighted by atomic mass is 10.1. The monoisotopic (exact) mass is 390 g/mol. The molecule has 0 bridgehead atoms. The number of amides is 1. The summed E-state index contributed by atoms with van der Waals surface area (Å²) in [7, 11) is 0. The first kappa shape index (κ1) is 18.3. The van der Waals surface area contributed by atoms with Gasteiger partial charge in [-0.1, -0.05) is 36.7 Å². The Kier molecular flexibility index (Phi) is 4.88. The molecule has 5 heteroatoms. The largest absolute Gasteiger partial charge is 0.436 e. The molecular formula is C23H19ClN2O2. The van der Waals surface area contributed by atoms with Gasteiger partial charge >= 0.3 is 0 Å². The highest BCUT2D eigenvalue weighted by Gasteiger charge is 2.13. The van der Waals surface area contributed by atoms with Crippen LogP contribution in [0, 0.1) is 6.92 Å². The normalized spacial score (nSPS) is 11.0. The number of nitrogens with one attached hydrogen (secondary N) is 1. The van der Waals surface area contributed by atoms with Crippen LogP contribution in [0.4, 0.5) is 5.69 Å². The topological polar surface area (TPSA) is 55.1 Å². The quantitative estimate of drug-likeness (QED) is 0.446. The van der Waals surface area contributed by atoms with Crippen molar-refractivity contribution in [3.05, 3.63) is 82.4 Å². The molecule has 1 aromatic heterocycles. The third-order valence-corrected chi connectivity index (χ3v) is 4.96. The standard InChI is InChI=1S/C23H19ClN2O2/c1-3-15-5-7-16(8-6-15)22(27)25-19-13-17(9-10-18(19)24)23-26-20-12-14(2)4-11-21(20)28-23/h4-13H,3H2,1-2H3,(H,25,27). The molecule has 0 unspecified atom stereocenters. The van der Waals surface area contributed by atoms with E-state index in [4.69, 9.17) is 16.0 Å². The Balaban J connectivity index is 1.63. The number of aromatic nitrogens is 1. The molecule has 1 N–H and O–H groups in total. The number of hydrogen-bond donors (Lipinski definition) is 1. The van der Waals surface area contributed by atoms with E-state index in [1.165, 1.54) is 5.56 Å². The molecule has 0 aliphatic carbocycles. The Morgan fingerprint density at radius 1 is 1.07 bits per heavy atom. The lowest BCUT2D eigenvalue weighted by molar-refractivity contribution is 0.102. The first-order valence-corrected chi connectivity index (χ1v) is 9.48. The molecule has 0 spiro atoms. The minimum absolute atomic E-state index is 0.213. The molecule has 1 heterocycles. The molecule has 0 aliphatic rings. The van der Waals surface area contributed by atoms with Gasteiger partial charge in [0.15, 0.2) is 5.58 Å². The number of oxazole rings is 1. The number of carbonyl (C=O) groups excluding carboxylic acids is 1. The van der Waals surface area contributed by atoms with E-state index in [2.05, 4.69) is 17.2 Å². The minimum atomic E-state index is -0.213. The van der Waals surface area contributed by atoms with Crippen molar-refractivity contribution < 1.29 is 9.21 Å². The molecule has 28 heavy (non-hydrogen) atoms. The third-order valence-electron chi connectivity index (χ3n) is 4.63. The average Bonchev–Trinajstić information content (AvgIpc) is 3.12. The molecule has 3 aromatic carbocycles. The second kappa shape index (κ2) is 7.49. The summed E-state index contributed by atoms with van der Waals surface area (Å²) in [5, 5.41) is 3.33. The van der Waals surface area contributed by atoms with Crippen molar-refractivity contribution in [2.45, 2.75) is 20.3 Å². The van der Waals surface area contributed by atoms with Gasteiger partial charge < -0.3 is 9.73 Å². The van der Waals surface area contributed by atoms with Crippen LogP contribution >= 0.6 is 11.6 Å². The smallest absolute Gasteiger partial charge is 0.255 e. The molecule has 4 nitrogen and oxygen atoms in total. The summed E-state index contributed by atoms with van der Waals surface area (Å²) in [5.74, 6) is 0.273. The molecule has 0 aliphatic heterocycles. The molecular weight excluding hydrogens is 372 g/mol. The number of hydrogen-bond acceptors (Lipinski definition) is 3. The number of benzene rings is 3. The number of rotatable bonds is 4. The lowest BCUT2D eigenvalue weighted by Crippen LogP contribution is -2.12. The summed E-state index contributed by atoms with van der Waals surface area (Å²) >= 11 is 6.30. The van der Waals surface area contributed by atoms with Crippen molar-refractivity contribution in [3.63, 3.8) is 0 Å². The van der Waals surface area contributed by atoms with E-state index in [1.807, 2.05) is 55.5 Å². The second-order valence-corrected chi connectivity index (χ2v) is 7.10. The molecule has 0 atom stereocenters. The van der Waals surface area contributed by atoms with Crippen LogP contribution in [0.2, 0.25) is 5.02 Å². The van der Waals surface area contributed by atoms with Gasteiger partial charge in [-0.25, -0.2) is 4.98 Å². The van der Waals surface area contributed by atoms with Crippen LogP contribution in [0.3, 0.4) is 0 Å². The predicted octanol–water partition coefficient (Wildman–Crippen LogP) is 6.27. The van der Waals surface area contributed by atoms with Crippen molar-refractivity contribution in [1.82, 2.24) is 4.98 Å². The maximum atomic E-state index is 12.6. The van der Waals surface area contributed by atoms with E-state index in [9.17, 15) is 4.79 Å². The van der Waals surface area contributed by atoms with Crippen LogP contribution in [-0.2, 0) is 6.42 Å². The minimum Gasteiger partial charge on any atom is -0.436 e. The van der Waals surface area contributed by atoms with Gasteiger partial charge in [-0.15, -0.1) is 0 Å². The van der Waals surface area contributed by atoms with E-state index in [0.717, 1.165) is 28.6 Å². The molecule has 0 radical (unpaired) electrons. The number of anilines is 1. The van der Waals surface area contributed by atoms with Crippen LogP contribution in [0.25, 0.3) is 22.6 Å². The Labute approximate surface area is 168 Å². The van der Waals surface area contributed by atoms with E-state index >= 15 is 0 Å². The van der Waals surface area contributed by atoms with Crippen molar-refractivity contribution in [1.29, 1.82) is 0 Å². The molecule has 0 saturated carbocycles. The summed E-state index contributed by atoms with van der Waals surface area (Å²) in [6.45, 7) is 4.09. The highest BCUT2D eigenvalue weighted by molar-refractivity contribution is 6.34. The van der Waals surface area contributed by atoms with E-state index in [-0.39, 0.29) is 5.91 Å². The summed E-state index contributed by atoms with van der Waals surface area (Å²) in [4.78, 5) is 17.1. The molecule has 0 saturated heterocycles. The molecule has 0 fully saturated rings. The van der Waals surface area contributed by atoms with Crippen LogP contribution in [-0.4, -0.2) is 10.9 Å². The zero-order chi connectivity index (χ0) is 19.7. The summed E-state index contributed by atoms with van der Waals surface area (Å²) < 4.78 is 5.85. The van der Waals surface area contributed by atoms with Gasteiger partial charge in [-0.05, 0) is 66.9 Å². The van der Waals surface area contributed by atoms with Crippen LogP contribution in [0.15, 0.2) is 65.1 Å². The molecule has 4 aromatic rings. The Morgan fingerprint density at radius 3 is 2.61 bits per heavy atom. The van der Waals surface area contributed by atoms with Gasteiger partial charge in [0.1, 0.15) is 5.52 Å². The number of halogens is 1. The predicted molar refractivity (Wildman–Crippen MR) is 113 cm³/mol. The number of carbonyl (C=O) groups is 1. The van der Waals surface area contributed by atoms with Gasteiger partial charge in [0.25, 0.3) is 5.91 Å². The zero-order valence-corrected chi connectivity index (χ0v) is 16.4. The fourth-order valence-corrected chi connectivity index (χ4v) is 3.17. The maximum absolute atomic E-state index is 12.6. The Hall–Kier alpha value is -3.11. The van der Waals surface area contributed by atoms with Crippen molar-refractivity contribution >= 4 is 34.3 Å². The number of fused-ring (bicyclic) bond motifs is 1. The molecule has 1 amide bonds. The van der Waals surface area contributed by atoms with Crippen molar-refractivity contribution in [3.8, 4) is 11.5 Å². The van der Waals surface area contributed by atoms with E-state index in [1.54, 1.807) is 12.1 Å². The number of aryl methyl sites for hydroxylation is 2. The van der Waals surface area contributed by atoms with Gasteiger partial charge in [0, 0.05) is 11.1 Å². The van der Waals surface area contributed by atoms with Crippen LogP contribution in [0.1, 0.15) is 28.4 Å². The van der Waals surface area contributed by atoms with E-state index in [0.29, 0.717) is 22.2 Å². The first-order valence-electron chi connectivity index (χ1n) is 9.11. The van der Waals surface area contributed by atoms with E-state index < -0.39 is 0 Å². The van der Waals surface area contributed by atoms with Crippen molar-refractivity contribution in [2.75, 3.05) is 5.32 Å². The third kappa shape index (κ3) is 3.64. The fourth-order valence-electron chi connectivity index (χ4n) is 3.00. The lowest BCUT2D eigenvalue weighted by Gasteiger charge is -2.09. The summed E-state index contributed by atoms with van der Waals surface area (Å²) in [5.41, 5.74) is 5.66. The van der Waals surface area contributed by atoms with Gasteiger partial charge in [-0.2, -0.15) is 0 Å². The Morgan fingerprint density at radius 2 is 1.86 bits per heavy atom. The molecule has 4 rings (SSSR count). The maximum Gasteiger partial charge on any atom is 0.255 e. The van der Waals surface area contributed by atoms with Gasteiger partial charge in [0.2, 0.25) is 5.89 Å². The SMILES string of the molecule is CCc1ccc(C(=O)Nc2cc(-c3nc4cc(C)ccc4o3)ccc2Cl)cc1. The molecule has 140 valence electrons. The van der Waals surface area contributed by atoms with Gasteiger partial charge in [0.05, 0.1) is 10.7 Å². The van der Waals surface area contributed by atoms with Crippen LogP contribution in [0.5, 0.6) is 0 Å². The fraction of sp³-hybridized carbons (Fsp3) is 0.130. The second-order valence-electron chi connectivity index (χ2n) is 6.69. The summed E-state index contributed by atoms with van der Waals surface area (Å²) in [6.07, 6.45) is 0.930. The number of nitrogens with zero attached hydrogens (tertiary/aromatic N) is 1. The highest BCUT2D eigenvalue weighted by atomic mass is 35.5.